The highest BCUT2D eigenvalue weighted by atomic mass is 16.6. The zero-order chi connectivity index (χ0) is 19.3. The molecule has 5 rings (SSSR count). The molecule has 3 aliphatic rings. The Morgan fingerprint density at radius 2 is 1.82 bits per heavy atom. The van der Waals surface area contributed by atoms with Crippen molar-refractivity contribution >= 4 is 17.6 Å². The normalized spacial score (nSPS) is 21.3. The van der Waals surface area contributed by atoms with Crippen LogP contribution >= 0.6 is 0 Å². The molecule has 0 aromatic heterocycles. The first-order chi connectivity index (χ1) is 13.6. The van der Waals surface area contributed by atoms with E-state index >= 15 is 0 Å². The summed E-state index contributed by atoms with van der Waals surface area (Å²) in [6.45, 7) is 2.98. The van der Waals surface area contributed by atoms with Gasteiger partial charge >= 0.3 is 5.97 Å². The largest absolute Gasteiger partial charge is 0.491 e. The minimum atomic E-state index is -1.01. The quantitative estimate of drug-likeness (QED) is 0.758. The number of rotatable bonds is 3. The molecule has 0 N–H and O–H groups in total. The number of nitrogens with zero attached hydrogens (tertiary/aromatic N) is 1. The van der Waals surface area contributed by atoms with Gasteiger partial charge < -0.3 is 18.9 Å². The van der Waals surface area contributed by atoms with Crippen LogP contribution in [0.2, 0.25) is 0 Å². The number of carbonyl (C=O) groups excluding carboxylic acids is 2. The van der Waals surface area contributed by atoms with Crippen LogP contribution in [-0.2, 0) is 19.7 Å². The summed E-state index contributed by atoms with van der Waals surface area (Å²) < 4.78 is 22.3. The summed E-state index contributed by atoms with van der Waals surface area (Å²) in [6, 6.07) is 11.1. The van der Waals surface area contributed by atoms with Crippen LogP contribution in [0.15, 0.2) is 36.4 Å². The zero-order valence-electron chi connectivity index (χ0n) is 15.4. The molecule has 0 fully saturated rings. The molecule has 0 bridgehead atoms. The van der Waals surface area contributed by atoms with Crippen LogP contribution in [0.25, 0.3) is 0 Å². The Kier molecular flexibility index (Phi) is 3.72. The van der Waals surface area contributed by atoms with Gasteiger partial charge in [-0.05, 0) is 24.6 Å². The van der Waals surface area contributed by atoms with Crippen molar-refractivity contribution in [2.24, 2.45) is 0 Å². The minimum absolute atomic E-state index is 0.134. The summed E-state index contributed by atoms with van der Waals surface area (Å²) in [5.41, 5.74) is 1.25. The molecule has 0 saturated heterocycles. The first kappa shape index (κ1) is 16.9. The molecule has 3 heterocycles. The highest BCUT2D eigenvalue weighted by molar-refractivity contribution is 6.13. The van der Waals surface area contributed by atoms with Crippen LogP contribution in [0, 0.1) is 0 Å². The topological polar surface area (TPSA) is 74.3 Å². The highest BCUT2D eigenvalue weighted by Gasteiger charge is 2.57. The van der Waals surface area contributed by atoms with Gasteiger partial charge in [-0.1, -0.05) is 18.2 Å². The number of para-hydroxylation sites is 1. The fraction of sp³-hybridized carbons (Fsp3) is 0.333. The van der Waals surface area contributed by atoms with Crippen molar-refractivity contribution < 1.29 is 28.5 Å². The lowest BCUT2D eigenvalue weighted by atomic mass is 9.77. The second kappa shape index (κ2) is 6.15. The van der Waals surface area contributed by atoms with Crippen molar-refractivity contribution in [1.82, 2.24) is 0 Å². The van der Waals surface area contributed by atoms with Crippen LogP contribution < -0.4 is 19.1 Å². The standard InChI is InChI=1S/C21H19NO6/c1-2-25-19(23)11-22-15-6-4-3-5-13(15)21(20(22)24)12-28-16-10-18-17(9-14(16)21)26-7-8-27-18/h3-6,9-10H,2,7-8,11-12H2,1H3. The average molecular weight is 381 g/mol. The van der Waals surface area contributed by atoms with Crippen LogP contribution in [-0.4, -0.2) is 44.8 Å². The van der Waals surface area contributed by atoms with Gasteiger partial charge in [0, 0.05) is 17.3 Å². The number of esters is 1. The molecule has 2 aromatic carbocycles. The maximum absolute atomic E-state index is 13.6. The molecule has 0 aliphatic carbocycles. The van der Waals surface area contributed by atoms with E-state index in [-0.39, 0.29) is 25.7 Å². The molecule has 7 heteroatoms. The molecule has 144 valence electrons. The van der Waals surface area contributed by atoms with Crippen molar-refractivity contribution in [3.63, 3.8) is 0 Å². The lowest BCUT2D eigenvalue weighted by molar-refractivity contribution is -0.142. The van der Waals surface area contributed by atoms with E-state index in [4.69, 9.17) is 18.9 Å². The van der Waals surface area contributed by atoms with Crippen molar-refractivity contribution in [3.05, 3.63) is 47.5 Å². The second-order valence-corrected chi connectivity index (χ2v) is 6.90. The van der Waals surface area contributed by atoms with Crippen LogP contribution in [0.4, 0.5) is 5.69 Å². The Labute approximate surface area is 161 Å². The molecule has 0 radical (unpaired) electrons. The van der Waals surface area contributed by atoms with E-state index in [1.165, 1.54) is 4.90 Å². The van der Waals surface area contributed by atoms with Crippen LogP contribution in [0.5, 0.6) is 17.2 Å². The summed E-state index contributed by atoms with van der Waals surface area (Å²) in [4.78, 5) is 27.2. The Hall–Kier alpha value is -3.22. The van der Waals surface area contributed by atoms with E-state index in [0.29, 0.717) is 36.1 Å². The predicted octanol–water partition coefficient (Wildman–Crippen LogP) is 2.05. The van der Waals surface area contributed by atoms with Gasteiger partial charge in [0.05, 0.1) is 6.61 Å². The maximum atomic E-state index is 13.6. The summed E-state index contributed by atoms with van der Waals surface area (Å²) >= 11 is 0. The van der Waals surface area contributed by atoms with Gasteiger partial charge in [-0.2, -0.15) is 0 Å². The number of anilines is 1. The molecule has 0 saturated carbocycles. The van der Waals surface area contributed by atoms with Gasteiger partial charge in [0.1, 0.15) is 37.5 Å². The van der Waals surface area contributed by atoms with Gasteiger partial charge in [0.2, 0.25) is 5.91 Å². The van der Waals surface area contributed by atoms with E-state index in [1.807, 2.05) is 30.3 Å². The lowest BCUT2D eigenvalue weighted by Crippen LogP contribution is -2.44. The third kappa shape index (κ3) is 2.22. The first-order valence-electron chi connectivity index (χ1n) is 9.29. The van der Waals surface area contributed by atoms with Gasteiger partial charge in [0.25, 0.3) is 0 Å². The number of hydrogen-bond donors (Lipinski definition) is 0. The summed E-state index contributed by atoms with van der Waals surface area (Å²) in [5.74, 6) is 1.18. The number of benzene rings is 2. The van der Waals surface area contributed by atoms with Crippen molar-refractivity contribution in [2.75, 3.05) is 37.9 Å². The zero-order valence-corrected chi connectivity index (χ0v) is 15.4. The fourth-order valence-electron chi connectivity index (χ4n) is 4.20. The SMILES string of the molecule is CCOC(=O)CN1C(=O)C2(COc3cc4c(cc32)OCCO4)c2ccccc21. The average Bonchev–Trinajstić information content (AvgIpc) is 3.19. The number of hydrogen-bond acceptors (Lipinski definition) is 6. The number of fused-ring (bicyclic) bond motifs is 5. The van der Waals surface area contributed by atoms with E-state index in [9.17, 15) is 9.59 Å². The molecule has 1 unspecified atom stereocenters. The molecule has 7 nitrogen and oxygen atoms in total. The first-order valence-corrected chi connectivity index (χ1v) is 9.29. The highest BCUT2D eigenvalue weighted by Crippen LogP contribution is 2.54. The summed E-state index contributed by atoms with van der Waals surface area (Å²) in [7, 11) is 0. The Balaban J connectivity index is 1.64. The fourth-order valence-corrected chi connectivity index (χ4v) is 4.20. The molecule has 1 spiro atoms. The number of carbonyl (C=O) groups is 2. The van der Waals surface area contributed by atoms with E-state index < -0.39 is 11.4 Å². The maximum Gasteiger partial charge on any atom is 0.326 e. The van der Waals surface area contributed by atoms with Crippen LogP contribution in [0.3, 0.4) is 0 Å². The molecule has 28 heavy (non-hydrogen) atoms. The number of ether oxygens (including phenoxy) is 4. The molecular weight excluding hydrogens is 362 g/mol. The molecule has 3 aliphatic heterocycles. The van der Waals surface area contributed by atoms with Gasteiger partial charge in [0.15, 0.2) is 11.5 Å². The Bertz CT molecular complexity index is 987. The summed E-state index contributed by atoms with van der Waals surface area (Å²) in [5, 5.41) is 0. The molecule has 1 amide bonds. The Morgan fingerprint density at radius 1 is 1.07 bits per heavy atom. The third-order valence-electron chi connectivity index (χ3n) is 5.41. The van der Waals surface area contributed by atoms with E-state index in [1.54, 1.807) is 13.0 Å². The van der Waals surface area contributed by atoms with Crippen molar-refractivity contribution in [1.29, 1.82) is 0 Å². The van der Waals surface area contributed by atoms with Crippen molar-refractivity contribution in [3.8, 4) is 17.2 Å². The van der Waals surface area contributed by atoms with Gasteiger partial charge in [-0.25, -0.2) is 0 Å². The molecular formula is C21H19NO6. The Morgan fingerprint density at radius 3 is 2.61 bits per heavy atom. The summed E-state index contributed by atoms with van der Waals surface area (Å²) in [6.07, 6.45) is 0. The second-order valence-electron chi connectivity index (χ2n) is 6.90. The monoisotopic (exact) mass is 381 g/mol. The lowest BCUT2D eigenvalue weighted by Gasteiger charge is -2.24. The van der Waals surface area contributed by atoms with Gasteiger partial charge in [-0.3, -0.25) is 14.5 Å². The minimum Gasteiger partial charge on any atom is -0.491 e. The van der Waals surface area contributed by atoms with E-state index in [0.717, 1.165) is 11.1 Å². The van der Waals surface area contributed by atoms with Gasteiger partial charge in [-0.15, -0.1) is 0 Å². The third-order valence-corrected chi connectivity index (χ3v) is 5.41. The smallest absolute Gasteiger partial charge is 0.326 e. The van der Waals surface area contributed by atoms with E-state index in [2.05, 4.69) is 0 Å². The van der Waals surface area contributed by atoms with Crippen LogP contribution in [0.1, 0.15) is 18.1 Å². The van der Waals surface area contributed by atoms with Crippen molar-refractivity contribution in [2.45, 2.75) is 12.3 Å². The molecule has 1 atom stereocenters. The number of amides is 1. The molecule has 2 aromatic rings. The predicted molar refractivity (Wildman–Crippen MR) is 99.1 cm³/mol.